The number of hydrogen-bond acceptors (Lipinski definition) is 6. The number of aromatic nitrogens is 3. The fraction of sp³-hybridized carbons (Fsp3) is 0.292. The van der Waals surface area contributed by atoms with Gasteiger partial charge in [0.15, 0.2) is 0 Å². The lowest BCUT2D eigenvalue weighted by Crippen LogP contribution is -2.42. The van der Waals surface area contributed by atoms with E-state index in [1.54, 1.807) is 35.6 Å². The summed E-state index contributed by atoms with van der Waals surface area (Å²) >= 11 is 0. The van der Waals surface area contributed by atoms with Crippen molar-refractivity contribution in [3.05, 3.63) is 71.4 Å². The van der Waals surface area contributed by atoms with E-state index >= 15 is 0 Å². The van der Waals surface area contributed by atoms with E-state index < -0.39 is 11.6 Å². The number of rotatable bonds is 5. The van der Waals surface area contributed by atoms with Gasteiger partial charge in [0.1, 0.15) is 6.61 Å². The second-order valence-corrected chi connectivity index (χ2v) is 8.52. The van der Waals surface area contributed by atoms with Crippen LogP contribution in [0.15, 0.2) is 48.9 Å². The number of cyclic esters (lactones) is 1. The summed E-state index contributed by atoms with van der Waals surface area (Å²) in [5.74, 6) is -0.284. The third-order valence-corrected chi connectivity index (χ3v) is 5.25. The maximum absolute atomic E-state index is 13.0. The van der Waals surface area contributed by atoms with E-state index in [1.807, 2.05) is 45.9 Å². The maximum atomic E-state index is 13.0. The molecule has 8 nitrogen and oxygen atoms in total. The van der Waals surface area contributed by atoms with E-state index in [9.17, 15) is 9.59 Å². The highest BCUT2D eigenvalue weighted by atomic mass is 16.6. The number of nitrogens with zero attached hydrogens (tertiary/aromatic N) is 4. The zero-order valence-corrected chi connectivity index (χ0v) is 18.5. The Labute approximate surface area is 186 Å². The number of ether oxygens (including phenoxy) is 1. The molecule has 3 aromatic rings. The highest BCUT2D eigenvalue weighted by molar-refractivity contribution is 5.99. The Morgan fingerprint density at radius 2 is 1.91 bits per heavy atom. The number of benzene rings is 1. The summed E-state index contributed by atoms with van der Waals surface area (Å²) < 4.78 is 5.27. The van der Waals surface area contributed by atoms with Crippen molar-refractivity contribution in [3.63, 3.8) is 0 Å². The van der Waals surface area contributed by atoms with Gasteiger partial charge in [-0.2, -0.15) is 0 Å². The van der Waals surface area contributed by atoms with Crippen molar-refractivity contribution in [1.29, 1.82) is 0 Å². The molecule has 0 radical (unpaired) electrons. The van der Waals surface area contributed by atoms with Crippen LogP contribution < -0.4 is 10.2 Å². The van der Waals surface area contributed by atoms with Gasteiger partial charge >= 0.3 is 6.09 Å². The molecule has 1 aliphatic rings. The minimum atomic E-state index is -0.540. The van der Waals surface area contributed by atoms with Crippen molar-refractivity contribution in [2.24, 2.45) is 0 Å². The lowest BCUT2D eigenvalue weighted by atomic mass is 10.0. The predicted octanol–water partition coefficient (Wildman–Crippen LogP) is 3.82. The second kappa shape index (κ2) is 8.37. The molecule has 3 heterocycles. The summed E-state index contributed by atoms with van der Waals surface area (Å²) in [7, 11) is 0. The Morgan fingerprint density at radius 1 is 1.09 bits per heavy atom. The molecule has 4 rings (SSSR count). The van der Waals surface area contributed by atoms with Crippen LogP contribution in [-0.2, 0) is 11.3 Å². The first-order valence-corrected chi connectivity index (χ1v) is 10.3. The van der Waals surface area contributed by atoms with Crippen molar-refractivity contribution >= 4 is 17.7 Å². The topological polar surface area (TPSA) is 97.3 Å². The molecule has 2 aromatic heterocycles. The summed E-state index contributed by atoms with van der Waals surface area (Å²) in [4.78, 5) is 40.0. The van der Waals surface area contributed by atoms with Crippen molar-refractivity contribution in [2.75, 3.05) is 11.5 Å². The van der Waals surface area contributed by atoms with Gasteiger partial charge in [0, 0.05) is 29.2 Å². The first kappa shape index (κ1) is 21.4. The maximum Gasteiger partial charge on any atom is 0.414 e. The quantitative estimate of drug-likeness (QED) is 0.660. The van der Waals surface area contributed by atoms with Gasteiger partial charge < -0.3 is 10.1 Å². The normalized spacial score (nSPS) is 14.9. The van der Waals surface area contributed by atoms with Crippen LogP contribution >= 0.6 is 0 Å². The second-order valence-electron chi connectivity index (χ2n) is 8.52. The number of amides is 2. The van der Waals surface area contributed by atoms with E-state index in [0.717, 1.165) is 16.8 Å². The predicted molar refractivity (Wildman–Crippen MR) is 120 cm³/mol. The standard InChI is InChI=1S/C24H25N5O3/c1-15-5-6-21(27-10-15)17-7-18(22(30)28-13-19-12-25-16(2)11-26-19)9-20(8-17)29-23(31)32-14-24(29,3)4/h5-12H,13-14H2,1-4H3,(H,28,30). The van der Waals surface area contributed by atoms with Crippen molar-refractivity contribution in [2.45, 2.75) is 39.8 Å². The molecule has 8 heteroatoms. The SMILES string of the molecule is Cc1ccc(-c2cc(C(=O)NCc3cnc(C)cn3)cc(N3C(=O)OCC3(C)C)c2)nc1. The molecular weight excluding hydrogens is 406 g/mol. The molecule has 0 spiro atoms. The average Bonchev–Trinajstić information content (AvgIpc) is 3.05. The molecule has 164 valence electrons. The van der Waals surface area contributed by atoms with Gasteiger partial charge in [-0.1, -0.05) is 6.07 Å². The van der Waals surface area contributed by atoms with Crippen molar-refractivity contribution in [1.82, 2.24) is 20.3 Å². The minimum Gasteiger partial charge on any atom is -0.447 e. The Bertz CT molecular complexity index is 1160. The molecule has 32 heavy (non-hydrogen) atoms. The molecule has 1 saturated heterocycles. The Kier molecular flexibility index (Phi) is 5.61. The third-order valence-electron chi connectivity index (χ3n) is 5.25. The lowest BCUT2D eigenvalue weighted by molar-refractivity contribution is 0.0950. The molecule has 1 fully saturated rings. The summed E-state index contributed by atoms with van der Waals surface area (Å²) in [5, 5.41) is 2.88. The van der Waals surface area contributed by atoms with Gasteiger partial charge in [-0.25, -0.2) is 4.79 Å². The Morgan fingerprint density at radius 3 is 2.53 bits per heavy atom. The fourth-order valence-corrected chi connectivity index (χ4v) is 3.51. The van der Waals surface area contributed by atoms with Crippen LogP contribution in [0.5, 0.6) is 0 Å². The summed E-state index contributed by atoms with van der Waals surface area (Å²) in [6, 6.07) is 9.17. The number of hydrogen-bond donors (Lipinski definition) is 1. The minimum absolute atomic E-state index is 0.242. The van der Waals surface area contributed by atoms with Crippen LogP contribution in [0.25, 0.3) is 11.3 Å². The number of pyridine rings is 1. The van der Waals surface area contributed by atoms with Crippen molar-refractivity contribution in [3.8, 4) is 11.3 Å². The van der Waals surface area contributed by atoms with Gasteiger partial charge in [-0.05, 0) is 57.5 Å². The Hall–Kier alpha value is -3.81. The van der Waals surface area contributed by atoms with Crippen LogP contribution in [0, 0.1) is 13.8 Å². The largest absolute Gasteiger partial charge is 0.447 e. The zero-order chi connectivity index (χ0) is 22.9. The molecule has 1 aromatic carbocycles. The summed E-state index contributed by atoms with van der Waals surface area (Å²) in [6.07, 6.45) is 4.62. The van der Waals surface area contributed by atoms with E-state index in [4.69, 9.17) is 4.74 Å². The molecule has 1 N–H and O–H groups in total. The van der Waals surface area contributed by atoms with Crippen LogP contribution in [-0.4, -0.2) is 39.1 Å². The molecule has 0 atom stereocenters. The summed E-state index contributed by atoms with van der Waals surface area (Å²) in [6.45, 7) is 8.17. The number of carbonyl (C=O) groups excluding carboxylic acids is 2. The number of aryl methyl sites for hydroxylation is 2. The molecule has 0 saturated carbocycles. The van der Waals surface area contributed by atoms with Gasteiger partial charge in [0.25, 0.3) is 5.91 Å². The first-order chi connectivity index (χ1) is 15.2. The van der Waals surface area contributed by atoms with Crippen LogP contribution in [0.4, 0.5) is 10.5 Å². The summed E-state index contributed by atoms with van der Waals surface area (Å²) in [5.41, 5.74) is 4.40. The van der Waals surface area contributed by atoms with Gasteiger partial charge in [0.05, 0.1) is 35.4 Å². The lowest BCUT2D eigenvalue weighted by Gasteiger charge is -2.28. The zero-order valence-electron chi connectivity index (χ0n) is 18.5. The fourth-order valence-electron chi connectivity index (χ4n) is 3.51. The van der Waals surface area contributed by atoms with E-state index in [1.165, 1.54) is 0 Å². The van der Waals surface area contributed by atoms with E-state index in [-0.39, 0.29) is 19.1 Å². The highest BCUT2D eigenvalue weighted by Crippen LogP contribution is 2.34. The number of carbonyl (C=O) groups is 2. The monoisotopic (exact) mass is 431 g/mol. The van der Waals surface area contributed by atoms with Gasteiger partial charge in [-0.15, -0.1) is 0 Å². The van der Waals surface area contributed by atoms with Crippen LogP contribution in [0.1, 0.15) is 41.2 Å². The molecule has 1 aliphatic heterocycles. The number of nitrogens with one attached hydrogen (secondary N) is 1. The molecule has 0 bridgehead atoms. The highest BCUT2D eigenvalue weighted by Gasteiger charge is 2.41. The third kappa shape index (κ3) is 4.44. The van der Waals surface area contributed by atoms with Crippen molar-refractivity contribution < 1.29 is 14.3 Å². The molecule has 0 unspecified atom stereocenters. The van der Waals surface area contributed by atoms with Gasteiger partial charge in [-0.3, -0.25) is 24.6 Å². The van der Waals surface area contributed by atoms with Gasteiger partial charge in [0.2, 0.25) is 0 Å². The van der Waals surface area contributed by atoms with Crippen LogP contribution in [0.2, 0.25) is 0 Å². The van der Waals surface area contributed by atoms with E-state index in [0.29, 0.717) is 22.6 Å². The average molecular weight is 431 g/mol. The smallest absolute Gasteiger partial charge is 0.414 e. The first-order valence-electron chi connectivity index (χ1n) is 10.3. The van der Waals surface area contributed by atoms with Crippen LogP contribution in [0.3, 0.4) is 0 Å². The van der Waals surface area contributed by atoms with E-state index in [2.05, 4.69) is 20.3 Å². The molecule has 0 aliphatic carbocycles. The molecule has 2 amide bonds. The number of anilines is 1. The molecular formula is C24H25N5O3. The Balaban J connectivity index is 1.69.